The standard InChI is InChI=1S/C15H29NO/c1-3-15(4-2)16(7-8-17)11-14-10-12-5-6-13(14)9-12/h12-15,17H,3-11H2,1-2H3. The SMILES string of the molecule is CCC(CC)N(CCO)CC1CC2CCC1C2. The second-order valence-corrected chi connectivity index (χ2v) is 6.12. The first-order valence-electron chi connectivity index (χ1n) is 7.63. The molecule has 0 heterocycles. The van der Waals surface area contributed by atoms with Crippen molar-refractivity contribution in [1.82, 2.24) is 4.90 Å². The zero-order valence-electron chi connectivity index (χ0n) is 11.6. The van der Waals surface area contributed by atoms with Crippen LogP contribution in [0.5, 0.6) is 0 Å². The van der Waals surface area contributed by atoms with Gasteiger partial charge in [0.2, 0.25) is 0 Å². The third-order valence-electron chi connectivity index (χ3n) is 5.20. The molecule has 0 aromatic carbocycles. The van der Waals surface area contributed by atoms with Gasteiger partial charge in [0.15, 0.2) is 0 Å². The minimum atomic E-state index is 0.317. The first kappa shape index (κ1) is 13.4. The summed E-state index contributed by atoms with van der Waals surface area (Å²) in [5, 5.41) is 9.24. The van der Waals surface area contributed by atoms with Gasteiger partial charge in [-0.15, -0.1) is 0 Å². The predicted octanol–water partition coefficient (Wildman–Crippen LogP) is 2.91. The number of fused-ring (bicyclic) bond motifs is 2. The number of nitrogens with zero attached hydrogens (tertiary/aromatic N) is 1. The van der Waals surface area contributed by atoms with E-state index in [2.05, 4.69) is 18.7 Å². The number of hydrogen-bond acceptors (Lipinski definition) is 2. The van der Waals surface area contributed by atoms with Crippen LogP contribution >= 0.6 is 0 Å². The molecular weight excluding hydrogens is 210 g/mol. The highest BCUT2D eigenvalue weighted by Gasteiger charge is 2.40. The summed E-state index contributed by atoms with van der Waals surface area (Å²) in [6.07, 6.45) is 8.37. The summed E-state index contributed by atoms with van der Waals surface area (Å²) < 4.78 is 0. The van der Waals surface area contributed by atoms with Crippen LogP contribution in [0.1, 0.15) is 52.4 Å². The van der Waals surface area contributed by atoms with E-state index < -0.39 is 0 Å². The van der Waals surface area contributed by atoms with E-state index in [9.17, 15) is 5.11 Å². The molecule has 0 aromatic rings. The molecule has 0 amide bonds. The van der Waals surface area contributed by atoms with Crippen LogP contribution in [0.3, 0.4) is 0 Å². The maximum atomic E-state index is 9.24. The van der Waals surface area contributed by atoms with Gasteiger partial charge in [0.1, 0.15) is 0 Å². The molecule has 0 aromatic heterocycles. The minimum Gasteiger partial charge on any atom is -0.395 e. The van der Waals surface area contributed by atoms with E-state index >= 15 is 0 Å². The molecule has 2 rings (SSSR count). The Hall–Kier alpha value is -0.0800. The van der Waals surface area contributed by atoms with Crippen molar-refractivity contribution in [3.8, 4) is 0 Å². The van der Waals surface area contributed by atoms with Crippen molar-refractivity contribution in [2.45, 2.75) is 58.4 Å². The van der Waals surface area contributed by atoms with Crippen LogP contribution < -0.4 is 0 Å². The van der Waals surface area contributed by atoms with Crippen LogP contribution in [-0.4, -0.2) is 35.7 Å². The highest BCUT2D eigenvalue weighted by Crippen LogP contribution is 2.48. The molecule has 2 saturated carbocycles. The Morgan fingerprint density at radius 3 is 2.41 bits per heavy atom. The molecule has 0 saturated heterocycles. The van der Waals surface area contributed by atoms with Gasteiger partial charge in [-0.2, -0.15) is 0 Å². The number of hydrogen-bond donors (Lipinski definition) is 1. The molecule has 100 valence electrons. The number of aliphatic hydroxyl groups excluding tert-OH is 1. The third-order valence-corrected chi connectivity index (χ3v) is 5.20. The van der Waals surface area contributed by atoms with E-state index in [0.717, 1.165) is 24.3 Å². The first-order valence-corrected chi connectivity index (χ1v) is 7.63. The maximum absolute atomic E-state index is 9.24. The largest absolute Gasteiger partial charge is 0.395 e. The molecule has 3 unspecified atom stereocenters. The summed E-state index contributed by atoms with van der Waals surface area (Å²) >= 11 is 0. The van der Waals surface area contributed by atoms with Gasteiger partial charge in [-0.1, -0.05) is 20.3 Å². The lowest BCUT2D eigenvalue weighted by Gasteiger charge is -2.34. The van der Waals surface area contributed by atoms with E-state index in [1.54, 1.807) is 0 Å². The fourth-order valence-electron chi connectivity index (χ4n) is 4.26. The molecule has 2 nitrogen and oxygen atoms in total. The van der Waals surface area contributed by atoms with Crippen molar-refractivity contribution in [2.75, 3.05) is 19.7 Å². The van der Waals surface area contributed by atoms with Crippen LogP contribution in [-0.2, 0) is 0 Å². The van der Waals surface area contributed by atoms with Crippen LogP contribution in [0.2, 0.25) is 0 Å². The molecule has 0 aliphatic heterocycles. The molecule has 2 heteroatoms. The van der Waals surface area contributed by atoms with Crippen molar-refractivity contribution in [3.63, 3.8) is 0 Å². The zero-order chi connectivity index (χ0) is 12.3. The Morgan fingerprint density at radius 2 is 1.94 bits per heavy atom. The zero-order valence-corrected chi connectivity index (χ0v) is 11.6. The average Bonchev–Trinajstić information content (AvgIpc) is 2.93. The summed E-state index contributed by atoms with van der Waals surface area (Å²) in [7, 11) is 0. The van der Waals surface area contributed by atoms with Gasteiger partial charge >= 0.3 is 0 Å². The number of aliphatic hydroxyl groups is 1. The Balaban J connectivity index is 1.88. The van der Waals surface area contributed by atoms with Gasteiger partial charge in [0, 0.05) is 19.1 Å². The maximum Gasteiger partial charge on any atom is 0.0558 e. The van der Waals surface area contributed by atoms with Gasteiger partial charge in [-0.3, -0.25) is 4.90 Å². The Kier molecular flexibility index (Phi) is 4.87. The van der Waals surface area contributed by atoms with Crippen molar-refractivity contribution in [2.24, 2.45) is 17.8 Å². The fourth-order valence-corrected chi connectivity index (χ4v) is 4.26. The summed E-state index contributed by atoms with van der Waals surface area (Å²) in [5.41, 5.74) is 0. The Labute approximate surface area is 106 Å². The molecule has 0 spiro atoms. The smallest absolute Gasteiger partial charge is 0.0558 e. The third kappa shape index (κ3) is 3.03. The molecule has 2 fully saturated rings. The molecule has 2 bridgehead atoms. The van der Waals surface area contributed by atoms with E-state index in [1.165, 1.54) is 45.1 Å². The lowest BCUT2D eigenvalue weighted by Crippen LogP contribution is -2.41. The van der Waals surface area contributed by atoms with E-state index in [-0.39, 0.29) is 0 Å². The van der Waals surface area contributed by atoms with Crippen molar-refractivity contribution in [1.29, 1.82) is 0 Å². The summed E-state index contributed by atoms with van der Waals surface area (Å²) in [4.78, 5) is 2.56. The minimum absolute atomic E-state index is 0.317. The quantitative estimate of drug-likeness (QED) is 0.738. The molecule has 0 radical (unpaired) electrons. The van der Waals surface area contributed by atoms with Crippen molar-refractivity contribution < 1.29 is 5.11 Å². The van der Waals surface area contributed by atoms with Gasteiger partial charge in [0.05, 0.1) is 6.61 Å². The first-order chi connectivity index (χ1) is 8.28. The van der Waals surface area contributed by atoms with Crippen LogP contribution in [0.25, 0.3) is 0 Å². The fraction of sp³-hybridized carbons (Fsp3) is 1.00. The second-order valence-electron chi connectivity index (χ2n) is 6.12. The lowest BCUT2D eigenvalue weighted by molar-refractivity contribution is 0.108. The summed E-state index contributed by atoms with van der Waals surface area (Å²) in [6.45, 7) is 6.99. The van der Waals surface area contributed by atoms with Crippen LogP contribution in [0.4, 0.5) is 0 Å². The monoisotopic (exact) mass is 239 g/mol. The van der Waals surface area contributed by atoms with Gasteiger partial charge < -0.3 is 5.11 Å². The highest BCUT2D eigenvalue weighted by atomic mass is 16.3. The molecular formula is C15H29NO. The predicted molar refractivity (Wildman–Crippen MR) is 72.0 cm³/mol. The van der Waals surface area contributed by atoms with Crippen LogP contribution in [0.15, 0.2) is 0 Å². The van der Waals surface area contributed by atoms with E-state index in [1.807, 2.05) is 0 Å². The van der Waals surface area contributed by atoms with E-state index in [4.69, 9.17) is 0 Å². The van der Waals surface area contributed by atoms with Crippen molar-refractivity contribution >= 4 is 0 Å². The molecule has 2 aliphatic rings. The second kappa shape index (κ2) is 6.19. The summed E-state index contributed by atoms with van der Waals surface area (Å²) in [5.74, 6) is 2.99. The van der Waals surface area contributed by atoms with Gasteiger partial charge in [-0.05, 0) is 49.9 Å². The molecule has 1 N–H and O–H groups in total. The van der Waals surface area contributed by atoms with Gasteiger partial charge in [0.25, 0.3) is 0 Å². The van der Waals surface area contributed by atoms with Crippen molar-refractivity contribution in [3.05, 3.63) is 0 Å². The Bertz CT molecular complexity index is 227. The lowest BCUT2D eigenvalue weighted by atomic mass is 9.88. The molecule has 3 atom stereocenters. The highest BCUT2D eigenvalue weighted by molar-refractivity contribution is 4.91. The van der Waals surface area contributed by atoms with Gasteiger partial charge in [-0.25, -0.2) is 0 Å². The Morgan fingerprint density at radius 1 is 1.18 bits per heavy atom. The normalized spacial score (nSPS) is 31.9. The summed E-state index contributed by atoms with van der Waals surface area (Å²) in [6, 6.07) is 0.682. The topological polar surface area (TPSA) is 23.5 Å². The van der Waals surface area contributed by atoms with E-state index in [0.29, 0.717) is 12.6 Å². The molecule has 17 heavy (non-hydrogen) atoms. The number of rotatable bonds is 7. The molecule has 2 aliphatic carbocycles. The van der Waals surface area contributed by atoms with Crippen LogP contribution in [0, 0.1) is 17.8 Å². The average molecular weight is 239 g/mol.